The van der Waals surface area contributed by atoms with Crippen LogP contribution in [0.1, 0.15) is 78.7 Å². The number of hydrogen-bond acceptors (Lipinski definition) is 7. The highest BCUT2D eigenvalue weighted by Gasteiger charge is 2.37. The van der Waals surface area contributed by atoms with E-state index in [-0.39, 0.29) is 35.3 Å². The number of fused-ring (bicyclic) bond motifs is 1. The van der Waals surface area contributed by atoms with Gasteiger partial charge in [0.1, 0.15) is 22.9 Å². The Morgan fingerprint density at radius 2 is 1.84 bits per heavy atom. The molecule has 196 valence electrons. The SMILES string of the molecule is Cc1ccc([C@H](Nc2c(Nc3ccc(Cl)c4c3C(=O)N(c3cc(C5CC5)[nH]n3)C4)c(=O)c2=O)C(C)(C)C)o1. The summed E-state index contributed by atoms with van der Waals surface area (Å²) in [6, 6.07) is 8.60. The van der Waals surface area contributed by atoms with Crippen LogP contribution in [0, 0.1) is 12.3 Å². The predicted octanol–water partition coefficient (Wildman–Crippen LogP) is 5.54. The van der Waals surface area contributed by atoms with E-state index in [1.54, 1.807) is 17.0 Å². The molecule has 2 aromatic carbocycles. The Labute approximate surface area is 223 Å². The maximum atomic E-state index is 13.6. The summed E-state index contributed by atoms with van der Waals surface area (Å²) in [7, 11) is 0. The molecule has 1 aliphatic heterocycles. The number of carbonyl (C=O) groups excluding carboxylic acids is 1. The monoisotopic (exact) mass is 533 g/mol. The molecule has 1 aliphatic carbocycles. The minimum Gasteiger partial charge on any atom is -0.464 e. The number of benzene rings is 1. The maximum Gasteiger partial charge on any atom is 0.262 e. The van der Waals surface area contributed by atoms with Crippen molar-refractivity contribution >= 4 is 40.4 Å². The van der Waals surface area contributed by atoms with Gasteiger partial charge in [0, 0.05) is 28.3 Å². The highest BCUT2D eigenvalue weighted by atomic mass is 35.5. The second-order valence-electron chi connectivity index (χ2n) is 11.2. The lowest BCUT2D eigenvalue weighted by Gasteiger charge is -2.31. The van der Waals surface area contributed by atoms with E-state index in [1.165, 1.54) is 0 Å². The molecule has 9 nitrogen and oxygen atoms in total. The first-order valence-electron chi connectivity index (χ1n) is 12.6. The van der Waals surface area contributed by atoms with Crippen molar-refractivity contribution in [1.29, 1.82) is 0 Å². The van der Waals surface area contributed by atoms with Crippen LogP contribution in [-0.4, -0.2) is 16.1 Å². The fourth-order valence-electron chi connectivity index (χ4n) is 4.99. The lowest BCUT2D eigenvalue weighted by molar-refractivity contribution is 0.0996. The third-order valence-electron chi connectivity index (χ3n) is 7.28. The molecule has 0 bridgehead atoms. The van der Waals surface area contributed by atoms with Gasteiger partial charge in [0.05, 0.1) is 23.8 Å². The number of rotatable bonds is 7. The Morgan fingerprint density at radius 3 is 2.50 bits per heavy atom. The fraction of sp³-hybridized carbons (Fsp3) is 0.357. The van der Waals surface area contributed by atoms with Crippen LogP contribution in [0.3, 0.4) is 0 Å². The standard InChI is InChI=1S/C28H28ClN5O4/c1-13-5-10-19(38-13)26(28(2,3)4)31-23-22(24(35)25(23)36)30-17-9-8-16(29)15-12-34(27(37)21(15)17)20-11-18(32-33-20)14-6-7-14/h5,8-11,14,26,30-31H,6-7,12H2,1-4H3,(H,32,33)/t26-/m0/s1. The molecule has 2 aromatic heterocycles. The molecule has 1 saturated carbocycles. The molecule has 3 heterocycles. The van der Waals surface area contributed by atoms with Gasteiger partial charge in [0.2, 0.25) is 0 Å². The molecule has 0 spiro atoms. The van der Waals surface area contributed by atoms with E-state index >= 15 is 0 Å². The second-order valence-corrected chi connectivity index (χ2v) is 11.6. The second kappa shape index (κ2) is 8.59. The number of nitrogens with zero attached hydrogens (tertiary/aromatic N) is 2. The molecule has 2 aliphatic rings. The van der Waals surface area contributed by atoms with Gasteiger partial charge in [-0.3, -0.25) is 24.4 Å². The summed E-state index contributed by atoms with van der Waals surface area (Å²) in [6.07, 6.45) is 2.23. The Kier molecular flexibility index (Phi) is 5.54. The Balaban J connectivity index is 1.32. The number of anilines is 4. The molecule has 1 fully saturated rings. The van der Waals surface area contributed by atoms with Gasteiger partial charge < -0.3 is 15.1 Å². The highest BCUT2D eigenvalue weighted by molar-refractivity contribution is 6.33. The first-order chi connectivity index (χ1) is 18.0. The van der Waals surface area contributed by atoms with Crippen molar-refractivity contribution in [3.63, 3.8) is 0 Å². The lowest BCUT2D eigenvalue weighted by atomic mass is 9.85. The van der Waals surface area contributed by atoms with Gasteiger partial charge in [-0.05, 0) is 49.4 Å². The first kappa shape index (κ1) is 24.5. The molecule has 0 unspecified atom stereocenters. The van der Waals surface area contributed by atoms with Gasteiger partial charge in [0.15, 0.2) is 5.82 Å². The average molecular weight is 534 g/mol. The van der Waals surface area contributed by atoms with Crippen LogP contribution >= 0.6 is 11.6 Å². The maximum absolute atomic E-state index is 13.6. The third-order valence-corrected chi connectivity index (χ3v) is 7.63. The van der Waals surface area contributed by atoms with Crippen LogP contribution in [0.5, 0.6) is 0 Å². The average Bonchev–Trinajstić information content (AvgIpc) is 3.27. The van der Waals surface area contributed by atoms with Crippen LogP contribution in [0.2, 0.25) is 5.02 Å². The number of amides is 1. The number of halogens is 1. The van der Waals surface area contributed by atoms with E-state index in [9.17, 15) is 14.4 Å². The number of aromatic nitrogens is 2. The zero-order valence-corrected chi connectivity index (χ0v) is 22.3. The summed E-state index contributed by atoms with van der Waals surface area (Å²) in [4.78, 5) is 40.5. The topological polar surface area (TPSA) is 120 Å². The van der Waals surface area contributed by atoms with Crippen molar-refractivity contribution in [2.75, 3.05) is 15.5 Å². The zero-order valence-electron chi connectivity index (χ0n) is 21.6. The fourth-order valence-corrected chi connectivity index (χ4v) is 5.21. The molecule has 3 N–H and O–H groups in total. The minimum absolute atomic E-state index is 0.110. The number of nitrogens with one attached hydrogen (secondary N) is 3. The minimum atomic E-state index is -0.650. The molecule has 1 amide bonds. The van der Waals surface area contributed by atoms with Crippen LogP contribution in [0.4, 0.5) is 22.9 Å². The molecule has 10 heteroatoms. The largest absolute Gasteiger partial charge is 0.464 e. The zero-order chi connectivity index (χ0) is 26.9. The molecule has 6 rings (SSSR count). The summed E-state index contributed by atoms with van der Waals surface area (Å²) in [5.41, 5.74) is 1.11. The third kappa shape index (κ3) is 4.01. The molecule has 0 radical (unpaired) electrons. The smallest absolute Gasteiger partial charge is 0.262 e. The molecule has 1 atom stereocenters. The van der Waals surface area contributed by atoms with Crippen LogP contribution in [-0.2, 0) is 6.54 Å². The van der Waals surface area contributed by atoms with E-state index < -0.39 is 10.9 Å². The summed E-state index contributed by atoms with van der Waals surface area (Å²) >= 11 is 6.49. The van der Waals surface area contributed by atoms with Crippen molar-refractivity contribution in [3.8, 4) is 0 Å². The predicted molar refractivity (Wildman–Crippen MR) is 146 cm³/mol. The van der Waals surface area contributed by atoms with Gasteiger partial charge in [-0.1, -0.05) is 32.4 Å². The first-order valence-corrected chi connectivity index (χ1v) is 13.0. The Morgan fingerprint density at radius 1 is 1.11 bits per heavy atom. The Bertz CT molecular complexity index is 1650. The van der Waals surface area contributed by atoms with Crippen molar-refractivity contribution in [2.24, 2.45) is 5.41 Å². The van der Waals surface area contributed by atoms with Gasteiger partial charge in [0.25, 0.3) is 16.8 Å². The quantitative estimate of drug-likeness (QED) is 0.267. The highest BCUT2D eigenvalue weighted by Crippen LogP contribution is 2.43. The van der Waals surface area contributed by atoms with Crippen molar-refractivity contribution in [3.05, 3.63) is 84.1 Å². The Hall–Kier alpha value is -3.85. The van der Waals surface area contributed by atoms with Gasteiger partial charge in [-0.15, -0.1) is 0 Å². The summed E-state index contributed by atoms with van der Waals surface area (Å²) in [6.45, 7) is 8.17. The van der Waals surface area contributed by atoms with Gasteiger partial charge >= 0.3 is 0 Å². The summed E-state index contributed by atoms with van der Waals surface area (Å²) in [5, 5.41) is 14.1. The van der Waals surface area contributed by atoms with E-state index in [4.69, 9.17) is 16.0 Å². The van der Waals surface area contributed by atoms with Crippen LogP contribution < -0.4 is 26.4 Å². The summed E-state index contributed by atoms with van der Waals surface area (Å²) in [5.74, 6) is 2.15. The van der Waals surface area contributed by atoms with Crippen molar-refractivity contribution in [2.45, 2.75) is 59.0 Å². The molecular formula is C28H28ClN5O4. The van der Waals surface area contributed by atoms with Gasteiger partial charge in [-0.2, -0.15) is 5.10 Å². The van der Waals surface area contributed by atoms with Crippen molar-refractivity contribution < 1.29 is 9.21 Å². The number of carbonyl (C=O) groups is 1. The number of H-pyrrole nitrogens is 1. The van der Waals surface area contributed by atoms with Crippen LogP contribution in [0.15, 0.2) is 44.3 Å². The molecule has 0 saturated heterocycles. The van der Waals surface area contributed by atoms with Crippen molar-refractivity contribution in [1.82, 2.24) is 10.2 Å². The van der Waals surface area contributed by atoms with Crippen LogP contribution in [0.25, 0.3) is 0 Å². The number of furan rings is 1. The molecular weight excluding hydrogens is 506 g/mol. The van der Waals surface area contributed by atoms with E-state index in [0.29, 0.717) is 39.3 Å². The summed E-state index contributed by atoms with van der Waals surface area (Å²) < 4.78 is 5.84. The van der Waals surface area contributed by atoms with E-state index in [1.807, 2.05) is 45.9 Å². The number of hydrogen-bond donors (Lipinski definition) is 3. The molecule has 38 heavy (non-hydrogen) atoms. The lowest BCUT2D eigenvalue weighted by Crippen LogP contribution is -2.39. The number of aromatic amines is 1. The van der Waals surface area contributed by atoms with E-state index in [0.717, 1.165) is 24.3 Å². The van der Waals surface area contributed by atoms with Gasteiger partial charge in [-0.25, -0.2) is 0 Å². The van der Waals surface area contributed by atoms with E-state index in [2.05, 4.69) is 20.8 Å². The molecule has 4 aromatic rings. The number of aryl methyl sites for hydroxylation is 1. The normalized spacial score (nSPS) is 16.2.